The largest absolute Gasteiger partial charge is 0.393 e. The van der Waals surface area contributed by atoms with Gasteiger partial charge < -0.3 is 10.0 Å². The van der Waals surface area contributed by atoms with Gasteiger partial charge in [0.25, 0.3) is 0 Å². The number of likely N-dealkylation sites (N-methyl/N-ethyl adjacent to an activating group) is 1. The first kappa shape index (κ1) is 15.7. The Labute approximate surface area is 116 Å². The van der Waals surface area contributed by atoms with Gasteiger partial charge >= 0.3 is 0 Å². The molecule has 1 aromatic carbocycles. The number of benzene rings is 1. The number of nitrogens with zero attached hydrogens (tertiary/aromatic N) is 1. The quantitative estimate of drug-likeness (QED) is 0.886. The van der Waals surface area contributed by atoms with Crippen LogP contribution < -0.4 is 0 Å². The second-order valence-electron chi connectivity index (χ2n) is 5.86. The highest BCUT2D eigenvalue weighted by molar-refractivity contribution is 5.87. The van der Waals surface area contributed by atoms with Crippen LogP contribution in [0.25, 0.3) is 0 Å². The minimum Gasteiger partial charge on any atom is -0.393 e. The van der Waals surface area contributed by atoms with E-state index in [0.717, 1.165) is 5.56 Å². The lowest BCUT2D eigenvalue weighted by Gasteiger charge is -2.30. The van der Waals surface area contributed by atoms with Gasteiger partial charge in [-0.15, -0.1) is 0 Å². The van der Waals surface area contributed by atoms with Crippen molar-refractivity contribution in [2.75, 3.05) is 13.6 Å². The van der Waals surface area contributed by atoms with Crippen LogP contribution in [-0.2, 0) is 10.2 Å². The van der Waals surface area contributed by atoms with E-state index in [1.165, 1.54) is 5.56 Å². The normalized spacial score (nSPS) is 13.2. The topological polar surface area (TPSA) is 40.5 Å². The van der Waals surface area contributed by atoms with Crippen molar-refractivity contribution in [2.45, 2.75) is 45.6 Å². The molecule has 1 N–H and O–H groups in total. The van der Waals surface area contributed by atoms with Crippen LogP contribution in [0.3, 0.4) is 0 Å². The molecule has 0 aliphatic carbocycles. The molecule has 0 spiro atoms. The molecule has 1 aromatic rings. The van der Waals surface area contributed by atoms with Crippen LogP contribution in [0, 0.1) is 6.92 Å². The van der Waals surface area contributed by atoms with Gasteiger partial charge in [-0.2, -0.15) is 0 Å². The van der Waals surface area contributed by atoms with E-state index in [-0.39, 0.29) is 12.0 Å². The maximum Gasteiger partial charge on any atom is 0.232 e. The van der Waals surface area contributed by atoms with Gasteiger partial charge in [-0.25, -0.2) is 0 Å². The summed E-state index contributed by atoms with van der Waals surface area (Å²) in [5.41, 5.74) is 1.67. The molecular formula is C16H25NO2. The third-order valence-electron chi connectivity index (χ3n) is 3.54. The predicted octanol–water partition coefficient (Wildman–Crippen LogP) is 2.50. The summed E-state index contributed by atoms with van der Waals surface area (Å²) in [5, 5.41) is 9.30. The molecule has 0 aliphatic heterocycles. The molecule has 0 bridgehead atoms. The molecule has 1 rings (SSSR count). The van der Waals surface area contributed by atoms with Crippen LogP contribution in [0.1, 0.15) is 38.3 Å². The second-order valence-corrected chi connectivity index (χ2v) is 5.86. The summed E-state index contributed by atoms with van der Waals surface area (Å²) in [6.07, 6.45) is 0.226. The molecule has 0 radical (unpaired) electrons. The minimum atomic E-state index is -0.541. The van der Waals surface area contributed by atoms with Gasteiger partial charge in [0, 0.05) is 13.6 Å². The van der Waals surface area contributed by atoms with Crippen LogP contribution in [0.15, 0.2) is 24.3 Å². The molecule has 1 unspecified atom stereocenters. The monoisotopic (exact) mass is 263 g/mol. The van der Waals surface area contributed by atoms with E-state index in [9.17, 15) is 9.90 Å². The number of hydrogen-bond acceptors (Lipinski definition) is 2. The molecule has 0 heterocycles. The molecule has 0 saturated heterocycles. The first-order chi connectivity index (χ1) is 8.75. The van der Waals surface area contributed by atoms with Crippen LogP contribution in [0.5, 0.6) is 0 Å². The Kier molecular flexibility index (Phi) is 5.12. The lowest BCUT2D eigenvalue weighted by Crippen LogP contribution is -2.42. The van der Waals surface area contributed by atoms with Gasteiger partial charge in [-0.1, -0.05) is 29.8 Å². The average Bonchev–Trinajstić information content (AvgIpc) is 2.35. The lowest BCUT2D eigenvalue weighted by atomic mass is 9.83. The molecule has 0 aliphatic rings. The fraction of sp³-hybridized carbons (Fsp3) is 0.562. The Balaban J connectivity index is 2.81. The standard InChI is InChI=1S/C16H25NO2/c1-12-6-8-14(9-7-12)16(3,4)15(19)17(5)11-10-13(2)18/h6-9,13,18H,10-11H2,1-5H3. The van der Waals surface area contributed by atoms with E-state index >= 15 is 0 Å². The van der Waals surface area contributed by atoms with Crippen molar-refractivity contribution in [2.24, 2.45) is 0 Å². The summed E-state index contributed by atoms with van der Waals surface area (Å²) >= 11 is 0. The highest BCUT2D eigenvalue weighted by atomic mass is 16.3. The van der Waals surface area contributed by atoms with Crippen LogP contribution >= 0.6 is 0 Å². The molecular weight excluding hydrogens is 238 g/mol. The Morgan fingerprint density at radius 1 is 1.32 bits per heavy atom. The van der Waals surface area contributed by atoms with E-state index in [0.29, 0.717) is 13.0 Å². The number of carbonyl (C=O) groups is 1. The summed E-state index contributed by atoms with van der Waals surface area (Å²) in [4.78, 5) is 14.2. The average molecular weight is 263 g/mol. The molecule has 0 aromatic heterocycles. The van der Waals surface area contributed by atoms with E-state index < -0.39 is 5.41 Å². The number of rotatable bonds is 5. The molecule has 1 atom stereocenters. The fourth-order valence-corrected chi connectivity index (χ4v) is 2.05. The number of hydrogen-bond donors (Lipinski definition) is 1. The Morgan fingerprint density at radius 3 is 2.32 bits per heavy atom. The maximum absolute atomic E-state index is 12.5. The second kappa shape index (κ2) is 6.20. The van der Waals surface area contributed by atoms with E-state index in [2.05, 4.69) is 0 Å². The van der Waals surface area contributed by atoms with Gasteiger partial charge in [-0.3, -0.25) is 4.79 Å². The van der Waals surface area contributed by atoms with Crippen molar-refractivity contribution < 1.29 is 9.90 Å². The number of aryl methyl sites for hydroxylation is 1. The summed E-state index contributed by atoms with van der Waals surface area (Å²) < 4.78 is 0. The van der Waals surface area contributed by atoms with Crippen LogP contribution in [0.2, 0.25) is 0 Å². The van der Waals surface area contributed by atoms with Gasteiger partial charge in [0.1, 0.15) is 0 Å². The minimum absolute atomic E-state index is 0.0806. The third-order valence-corrected chi connectivity index (χ3v) is 3.54. The predicted molar refractivity (Wildman–Crippen MR) is 78.1 cm³/mol. The first-order valence-electron chi connectivity index (χ1n) is 6.76. The first-order valence-corrected chi connectivity index (χ1v) is 6.76. The zero-order valence-electron chi connectivity index (χ0n) is 12.6. The highest BCUT2D eigenvalue weighted by Gasteiger charge is 2.32. The fourth-order valence-electron chi connectivity index (χ4n) is 2.05. The highest BCUT2D eigenvalue weighted by Crippen LogP contribution is 2.25. The number of aliphatic hydroxyl groups is 1. The van der Waals surface area contributed by atoms with E-state index in [4.69, 9.17) is 0 Å². The van der Waals surface area contributed by atoms with Crippen LogP contribution in [0.4, 0.5) is 0 Å². The Morgan fingerprint density at radius 2 is 1.84 bits per heavy atom. The lowest BCUT2D eigenvalue weighted by molar-refractivity contribution is -0.135. The molecule has 1 amide bonds. The smallest absolute Gasteiger partial charge is 0.232 e. The molecule has 19 heavy (non-hydrogen) atoms. The van der Waals surface area contributed by atoms with Crippen molar-refractivity contribution in [3.05, 3.63) is 35.4 Å². The molecule has 0 saturated carbocycles. The zero-order valence-corrected chi connectivity index (χ0v) is 12.6. The number of carbonyl (C=O) groups excluding carboxylic acids is 1. The van der Waals surface area contributed by atoms with Crippen molar-refractivity contribution >= 4 is 5.91 Å². The number of amides is 1. The van der Waals surface area contributed by atoms with Crippen molar-refractivity contribution in [3.8, 4) is 0 Å². The van der Waals surface area contributed by atoms with E-state index in [1.54, 1.807) is 18.9 Å². The summed E-state index contributed by atoms with van der Waals surface area (Å²) in [6, 6.07) is 8.08. The molecule has 3 nitrogen and oxygen atoms in total. The van der Waals surface area contributed by atoms with Gasteiger partial charge in [0.15, 0.2) is 0 Å². The van der Waals surface area contributed by atoms with Gasteiger partial charge in [-0.05, 0) is 39.7 Å². The summed E-state index contributed by atoms with van der Waals surface area (Å²) in [7, 11) is 1.79. The summed E-state index contributed by atoms with van der Waals surface area (Å²) in [5.74, 6) is 0.0806. The SMILES string of the molecule is Cc1ccc(C(C)(C)C(=O)N(C)CCC(C)O)cc1. The molecule has 106 valence electrons. The number of aliphatic hydroxyl groups excluding tert-OH is 1. The van der Waals surface area contributed by atoms with E-state index in [1.807, 2.05) is 45.0 Å². The van der Waals surface area contributed by atoms with Gasteiger partial charge in [0.2, 0.25) is 5.91 Å². The zero-order chi connectivity index (χ0) is 14.6. The Hall–Kier alpha value is -1.35. The third kappa shape index (κ3) is 4.06. The van der Waals surface area contributed by atoms with Crippen molar-refractivity contribution in [1.82, 2.24) is 4.90 Å². The summed E-state index contributed by atoms with van der Waals surface area (Å²) in [6.45, 7) is 8.24. The van der Waals surface area contributed by atoms with Gasteiger partial charge in [0.05, 0.1) is 11.5 Å². The maximum atomic E-state index is 12.5. The Bertz CT molecular complexity index is 421. The van der Waals surface area contributed by atoms with Crippen molar-refractivity contribution in [1.29, 1.82) is 0 Å². The molecule has 0 fully saturated rings. The molecule has 3 heteroatoms. The van der Waals surface area contributed by atoms with Crippen molar-refractivity contribution in [3.63, 3.8) is 0 Å². The van der Waals surface area contributed by atoms with Crippen LogP contribution in [-0.4, -0.2) is 35.6 Å².